The molecule has 18 heavy (non-hydrogen) atoms. The molecule has 1 unspecified atom stereocenters. The van der Waals surface area contributed by atoms with Crippen LogP contribution in [0.3, 0.4) is 0 Å². The summed E-state index contributed by atoms with van der Waals surface area (Å²) in [6.45, 7) is 5.72. The summed E-state index contributed by atoms with van der Waals surface area (Å²) in [6.07, 6.45) is 3.43. The summed E-state index contributed by atoms with van der Waals surface area (Å²) in [5, 5.41) is 1.06. The predicted octanol–water partition coefficient (Wildman–Crippen LogP) is 3.12. The van der Waals surface area contributed by atoms with E-state index in [9.17, 15) is 4.55 Å². The van der Waals surface area contributed by atoms with Gasteiger partial charge in [0.05, 0.1) is 11.7 Å². The lowest BCUT2D eigenvalue weighted by Crippen LogP contribution is -2.25. The second kappa shape index (κ2) is 5.08. The second-order valence-electron chi connectivity index (χ2n) is 5.05. The van der Waals surface area contributed by atoms with Gasteiger partial charge in [0.2, 0.25) is 0 Å². The predicted molar refractivity (Wildman–Crippen MR) is 77.2 cm³/mol. The Hall–Kier alpha value is -1.39. The van der Waals surface area contributed by atoms with Crippen LogP contribution in [0.2, 0.25) is 0 Å². The van der Waals surface area contributed by atoms with Gasteiger partial charge in [-0.3, -0.25) is 4.98 Å². The monoisotopic (exact) mass is 260 g/mol. The maximum absolute atomic E-state index is 11.8. The van der Waals surface area contributed by atoms with Gasteiger partial charge >= 0.3 is 0 Å². The van der Waals surface area contributed by atoms with Crippen LogP contribution in [-0.2, 0) is 11.4 Å². The van der Waals surface area contributed by atoms with E-state index in [1.54, 1.807) is 12.4 Å². The van der Waals surface area contributed by atoms with Crippen molar-refractivity contribution in [3.8, 4) is 0 Å². The van der Waals surface area contributed by atoms with Crippen molar-refractivity contribution in [2.24, 2.45) is 4.40 Å². The van der Waals surface area contributed by atoms with E-state index in [4.69, 9.17) is 0 Å². The summed E-state index contributed by atoms with van der Waals surface area (Å²) in [5.41, 5.74) is 1.89. The molecule has 4 heteroatoms. The Bertz CT molecular complexity index is 575. The maximum Gasteiger partial charge on any atom is 0.144 e. The van der Waals surface area contributed by atoms with Crippen LogP contribution < -0.4 is 0 Å². The number of fused-ring (bicyclic) bond motifs is 1. The topological polar surface area (TPSA) is 48.3 Å². The molecular weight excluding hydrogens is 244 g/mol. The fourth-order valence-corrected chi connectivity index (χ4v) is 1.97. The van der Waals surface area contributed by atoms with Gasteiger partial charge in [-0.25, -0.2) is 0 Å². The van der Waals surface area contributed by atoms with Gasteiger partial charge in [0.25, 0.3) is 0 Å². The molecule has 0 aliphatic rings. The average Bonchev–Trinajstić information content (AvgIpc) is 2.34. The first kappa shape index (κ1) is 13.1. The lowest BCUT2D eigenvalue weighted by Gasteiger charge is -2.17. The van der Waals surface area contributed by atoms with E-state index in [2.05, 4.69) is 9.38 Å². The van der Waals surface area contributed by atoms with Crippen molar-refractivity contribution in [2.75, 3.05) is 0 Å². The first-order chi connectivity index (χ1) is 8.47. The van der Waals surface area contributed by atoms with Crippen LogP contribution in [0.15, 0.2) is 40.9 Å². The van der Waals surface area contributed by atoms with E-state index in [0.717, 1.165) is 16.5 Å². The molecule has 1 heterocycles. The summed E-state index contributed by atoms with van der Waals surface area (Å²) >= 11 is -1.22. The van der Waals surface area contributed by atoms with Gasteiger partial charge in [-0.05, 0) is 44.5 Å². The quantitative estimate of drug-likeness (QED) is 0.615. The van der Waals surface area contributed by atoms with Crippen LogP contribution in [0.1, 0.15) is 26.3 Å². The highest BCUT2D eigenvalue weighted by Gasteiger charge is 2.25. The van der Waals surface area contributed by atoms with Gasteiger partial charge in [-0.2, -0.15) is 0 Å². The minimum atomic E-state index is -1.22. The number of pyridine rings is 1. The van der Waals surface area contributed by atoms with Crippen molar-refractivity contribution < 1.29 is 4.55 Å². The zero-order valence-corrected chi connectivity index (χ0v) is 11.6. The number of nitrogens with zero attached hydrogens (tertiary/aromatic N) is 2. The molecule has 0 aliphatic heterocycles. The van der Waals surface area contributed by atoms with Gasteiger partial charge in [0, 0.05) is 11.6 Å². The molecule has 0 saturated heterocycles. The first-order valence-corrected chi connectivity index (χ1v) is 6.88. The summed E-state index contributed by atoms with van der Waals surface area (Å²) in [5.74, 6) is 0. The van der Waals surface area contributed by atoms with Crippen molar-refractivity contribution in [2.45, 2.75) is 25.5 Å². The third kappa shape index (κ3) is 3.09. The standard InChI is InChI=1S/C14H16N2OS/c1-14(2,3)18(17)16-10-11-6-7-13-12(9-11)5-4-8-15-13/h4-10H,1-3H3/b16-10+. The highest BCUT2D eigenvalue weighted by Crippen LogP contribution is 2.17. The third-order valence-corrected chi connectivity index (χ3v) is 3.79. The summed E-state index contributed by atoms with van der Waals surface area (Å²) in [4.78, 5) is 4.25. The van der Waals surface area contributed by atoms with E-state index < -0.39 is 11.4 Å². The maximum atomic E-state index is 11.8. The molecule has 0 spiro atoms. The minimum absolute atomic E-state index is 0.325. The fraction of sp³-hybridized carbons (Fsp3) is 0.286. The molecule has 0 N–H and O–H groups in total. The molecule has 2 rings (SSSR count). The Labute approximate surface area is 110 Å². The molecule has 0 fully saturated rings. The SMILES string of the molecule is CC(C)(C)[S+]([O-])/N=C/c1ccc2ncccc2c1. The zero-order chi connectivity index (χ0) is 13.2. The summed E-state index contributed by atoms with van der Waals surface area (Å²) < 4.78 is 15.6. The minimum Gasteiger partial charge on any atom is -0.591 e. The molecule has 1 aromatic carbocycles. The van der Waals surface area contributed by atoms with Crippen LogP contribution in [0, 0.1) is 0 Å². The number of rotatable bonds is 2. The smallest absolute Gasteiger partial charge is 0.144 e. The number of aromatic nitrogens is 1. The van der Waals surface area contributed by atoms with Gasteiger partial charge in [0.1, 0.15) is 16.1 Å². The Morgan fingerprint density at radius 3 is 2.78 bits per heavy atom. The van der Waals surface area contributed by atoms with Crippen molar-refractivity contribution in [3.63, 3.8) is 0 Å². The lowest BCUT2D eigenvalue weighted by atomic mass is 10.1. The van der Waals surface area contributed by atoms with Crippen LogP contribution in [0.25, 0.3) is 10.9 Å². The number of hydrogen-bond acceptors (Lipinski definition) is 3. The molecule has 0 aliphatic carbocycles. The van der Waals surface area contributed by atoms with Crippen molar-refractivity contribution >= 4 is 28.5 Å². The molecule has 0 bridgehead atoms. The third-order valence-electron chi connectivity index (χ3n) is 2.45. The van der Waals surface area contributed by atoms with E-state index in [1.165, 1.54) is 0 Å². The fourth-order valence-electron chi connectivity index (χ4n) is 1.44. The molecule has 94 valence electrons. The van der Waals surface area contributed by atoms with Crippen LogP contribution >= 0.6 is 0 Å². The van der Waals surface area contributed by atoms with Gasteiger partial charge in [0.15, 0.2) is 0 Å². The van der Waals surface area contributed by atoms with Crippen molar-refractivity contribution in [3.05, 3.63) is 42.1 Å². The largest absolute Gasteiger partial charge is 0.591 e. The van der Waals surface area contributed by atoms with E-state index in [-0.39, 0.29) is 4.75 Å². The lowest BCUT2D eigenvalue weighted by molar-refractivity contribution is 0.562. The summed E-state index contributed by atoms with van der Waals surface area (Å²) in [6, 6.07) is 9.76. The average molecular weight is 260 g/mol. The molecule has 1 aromatic heterocycles. The highest BCUT2D eigenvalue weighted by molar-refractivity contribution is 7.91. The molecule has 3 nitrogen and oxygen atoms in total. The Kier molecular flexibility index (Phi) is 3.68. The molecule has 0 amide bonds. The molecular formula is C14H16N2OS. The number of hydrogen-bond donors (Lipinski definition) is 0. The van der Waals surface area contributed by atoms with Gasteiger partial charge < -0.3 is 4.55 Å². The first-order valence-electron chi connectivity index (χ1n) is 5.78. The van der Waals surface area contributed by atoms with Crippen LogP contribution in [-0.4, -0.2) is 20.5 Å². The van der Waals surface area contributed by atoms with Crippen molar-refractivity contribution in [1.82, 2.24) is 4.98 Å². The Morgan fingerprint density at radius 1 is 1.28 bits per heavy atom. The molecule has 1 atom stereocenters. The zero-order valence-electron chi connectivity index (χ0n) is 10.8. The van der Waals surface area contributed by atoms with Gasteiger partial charge in [-0.15, -0.1) is 0 Å². The number of benzene rings is 1. The summed E-state index contributed by atoms with van der Waals surface area (Å²) in [7, 11) is 0. The second-order valence-corrected chi connectivity index (χ2v) is 6.99. The molecule has 0 radical (unpaired) electrons. The normalized spacial score (nSPS) is 14.2. The van der Waals surface area contributed by atoms with Crippen LogP contribution in [0.4, 0.5) is 0 Å². The van der Waals surface area contributed by atoms with E-state index in [1.807, 2.05) is 51.1 Å². The Morgan fingerprint density at radius 2 is 2.06 bits per heavy atom. The highest BCUT2D eigenvalue weighted by atomic mass is 32.2. The van der Waals surface area contributed by atoms with Gasteiger partial charge in [-0.1, -0.05) is 16.5 Å². The van der Waals surface area contributed by atoms with Crippen molar-refractivity contribution in [1.29, 1.82) is 0 Å². The Balaban J connectivity index is 2.25. The van der Waals surface area contributed by atoms with E-state index >= 15 is 0 Å². The molecule has 0 saturated carbocycles. The molecule has 2 aromatic rings. The van der Waals surface area contributed by atoms with Crippen LogP contribution in [0.5, 0.6) is 0 Å². The van der Waals surface area contributed by atoms with E-state index in [0.29, 0.717) is 0 Å².